The Morgan fingerprint density at radius 1 is 1.28 bits per heavy atom. The van der Waals surface area contributed by atoms with Crippen LogP contribution in [0.2, 0.25) is 0 Å². The van der Waals surface area contributed by atoms with Gasteiger partial charge in [0.25, 0.3) is 5.91 Å². The number of ether oxygens (including phenoxy) is 1. The van der Waals surface area contributed by atoms with E-state index in [2.05, 4.69) is 42.9 Å². The van der Waals surface area contributed by atoms with E-state index in [4.69, 9.17) is 0 Å². The molecular weight excluding hydrogens is 530 g/mol. The smallest absolute Gasteiger partial charge is 0.388 e. The SMILES string of the molecule is C[C@@H]1C[C@@H]1C(=O)Nc1sc2c(c1C(=O)NCC1CC1)CC(n1cnnc1Nc1cc(OC(F)F)nn1C)CC2. The van der Waals surface area contributed by atoms with Crippen molar-refractivity contribution in [3.05, 3.63) is 28.4 Å². The fraction of sp³-hybridized carbons (Fsp3) is 0.560. The van der Waals surface area contributed by atoms with Crippen LogP contribution in [-0.4, -0.2) is 49.5 Å². The zero-order valence-electron chi connectivity index (χ0n) is 21.6. The van der Waals surface area contributed by atoms with E-state index in [0.717, 1.165) is 42.5 Å². The molecule has 0 aromatic carbocycles. The second-order valence-corrected chi connectivity index (χ2v) is 11.7. The molecule has 39 heavy (non-hydrogen) atoms. The van der Waals surface area contributed by atoms with Crippen LogP contribution < -0.4 is 20.7 Å². The van der Waals surface area contributed by atoms with Gasteiger partial charge < -0.3 is 20.7 Å². The number of halogens is 2. The van der Waals surface area contributed by atoms with E-state index >= 15 is 0 Å². The first-order valence-corrected chi connectivity index (χ1v) is 14.0. The Labute approximate surface area is 227 Å². The van der Waals surface area contributed by atoms with Crippen molar-refractivity contribution in [2.24, 2.45) is 24.8 Å². The van der Waals surface area contributed by atoms with Crippen molar-refractivity contribution in [1.82, 2.24) is 29.9 Å². The highest BCUT2D eigenvalue weighted by Gasteiger charge is 2.40. The number of fused-ring (bicyclic) bond motifs is 1. The molecule has 14 heteroatoms. The number of alkyl halides is 2. The van der Waals surface area contributed by atoms with Gasteiger partial charge in [0.05, 0.1) is 5.56 Å². The molecule has 3 aromatic rings. The van der Waals surface area contributed by atoms with E-state index in [0.29, 0.717) is 47.1 Å². The number of hydrogen-bond donors (Lipinski definition) is 3. The second-order valence-electron chi connectivity index (χ2n) is 10.6. The Balaban J connectivity index is 1.24. The predicted molar refractivity (Wildman–Crippen MR) is 139 cm³/mol. The Kier molecular flexibility index (Phi) is 6.73. The van der Waals surface area contributed by atoms with Crippen LogP contribution in [0.5, 0.6) is 5.88 Å². The maximum atomic E-state index is 13.4. The molecule has 3 aliphatic rings. The summed E-state index contributed by atoms with van der Waals surface area (Å²) >= 11 is 1.49. The summed E-state index contributed by atoms with van der Waals surface area (Å²) in [6.45, 7) is -0.279. The maximum Gasteiger partial charge on any atom is 0.388 e. The molecule has 3 aromatic heterocycles. The third kappa shape index (κ3) is 5.47. The highest BCUT2D eigenvalue weighted by molar-refractivity contribution is 7.17. The van der Waals surface area contributed by atoms with Crippen molar-refractivity contribution in [2.45, 2.75) is 58.1 Å². The normalized spacial score (nSPS) is 21.9. The van der Waals surface area contributed by atoms with Gasteiger partial charge in [0.15, 0.2) is 0 Å². The molecule has 0 saturated heterocycles. The molecule has 3 heterocycles. The number of aromatic nitrogens is 5. The van der Waals surface area contributed by atoms with Crippen molar-refractivity contribution in [2.75, 3.05) is 17.2 Å². The molecule has 208 valence electrons. The first-order chi connectivity index (χ1) is 18.8. The van der Waals surface area contributed by atoms with Crippen molar-refractivity contribution >= 4 is 39.9 Å². The Bertz CT molecular complexity index is 1400. The van der Waals surface area contributed by atoms with Crippen LogP contribution >= 0.6 is 11.3 Å². The number of nitrogens with zero attached hydrogens (tertiary/aromatic N) is 5. The largest absolute Gasteiger partial charge is 0.415 e. The van der Waals surface area contributed by atoms with Crippen LogP contribution in [0.3, 0.4) is 0 Å². The number of hydrogen-bond acceptors (Lipinski definition) is 8. The van der Waals surface area contributed by atoms with Crippen molar-refractivity contribution in [3.63, 3.8) is 0 Å². The molecule has 3 atom stereocenters. The van der Waals surface area contributed by atoms with E-state index in [1.165, 1.54) is 22.1 Å². The fourth-order valence-electron chi connectivity index (χ4n) is 5.09. The van der Waals surface area contributed by atoms with Gasteiger partial charge in [0.2, 0.25) is 17.7 Å². The zero-order valence-corrected chi connectivity index (χ0v) is 22.4. The van der Waals surface area contributed by atoms with E-state index < -0.39 is 6.61 Å². The second kappa shape index (κ2) is 10.2. The molecule has 11 nitrogen and oxygen atoms in total. The highest BCUT2D eigenvalue weighted by atomic mass is 32.1. The standard InChI is InChI=1S/C25H30F2N8O3S/c1-12-7-15(12)21(36)31-23-20(22(37)28-10-13-3-4-13)16-8-14(5-6-17(16)39-23)35-11-29-32-25(35)30-18-9-19(33-34(18)2)38-24(26)27/h9,11-15,24H,3-8,10H2,1-2H3,(H,28,37)(H,30,32)(H,31,36)/t12-,14?,15+/m1/s1. The predicted octanol–water partition coefficient (Wildman–Crippen LogP) is 3.88. The molecule has 0 radical (unpaired) electrons. The van der Waals surface area contributed by atoms with E-state index in [-0.39, 0.29) is 29.7 Å². The third-order valence-corrected chi connectivity index (χ3v) is 8.87. The van der Waals surface area contributed by atoms with Gasteiger partial charge in [-0.05, 0) is 55.9 Å². The number of aryl methyl sites for hydroxylation is 2. The van der Waals surface area contributed by atoms with Crippen LogP contribution in [0, 0.1) is 17.8 Å². The lowest BCUT2D eigenvalue weighted by Gasteiger charge is -2.25. The number of carbonyl (C=O) groups excluding carboxylic acids is 2. The quantitative estimate of drug-likeness (QED) is 0.343. The summed E-state index contributed by atoms with van der Waals surface area (Å²) in [7, 11) is 1.60. The van der Waals surface area contributed by atoms with Crippen LogP contribution in [0.4, 0.5) is 25.5 Å². The van der Waals surface area contributed by atoms with E-state index in [1.54, 1.807) is 13.4 Å². The van der Waals surface area contributed by atoms with Gasteiger partial charge >= 0.3 is 6.61 Å². The number of rotatable bonds is 10. The molecule has 0 aliphatic heterocycles. The van der Waals surface area contributed by atoms with Gasteiger partial charge in [-0.25, -0.2) is 4.68 Å². The van der Waals surface area contributed by atoms with Crippen LogP contribution in [0.1, 0.15) is 59.4 Å². The molecule has 2 saturated carbocycles. The molecule has 3 aliphatic carbocycles. The lowest BCUT2D eigenvalue weighted by molar-refractivity contribution is -0.117. The molecule has 3 N–H and O–H groups in total. The summed E-state index contributed by atoms with van der Waals surface area (Å²) in [6.07, 6.45) is 6.82. The summed E-state index contributed by atoms with van der Waals surface area (Å²) in [6, 6.07) is 1.30. The van der Waals surface area contributed by atoms with Crippen LogP contribution in [0.25, 0.3) is 0 Å². The topological polar surface area (TPSA) is 128 Å². The summed E-state index contributed by atoms with van der Waals surface area (Å²) in [5, 5.41) is 22.0. The summed E-state index contributed by atoms with van der Waals surface area (Å²) in [5.74, 6) is 1.35. The summed E-state index contributed by atoms with van der Waals surface area (Å²) in [4.78, 5) is 27.3. The number of carbonyl (C=O) groups is 2. The van der Waals surface area contributed by atoms with Crippen LogP contribution in [-0.2, 0) is 24.7 Å². The van der Waals surface area contributed by atoms with E-state index in [1.807, 2.05) is 4.57 Å². The van der Waals surface area contributed by atoms with Gasteiger partial charge in [-0.3, -0.25) is 14.2 Å². The average Bonchev–Trinajstić information content (AvgIpc) is 3.73. The molecule has 1 unspecified atom stereocenters. The summed E-state index contributed by atoms with van der Waals surface area (Å²) in [5.41, 5.74) is 1.50. The third-order valence-electron chi connectivity index (χ3n) is 7.67. The van der Waals surface area contributed by atoms with Gasteiger partial charge in [-0.2, -0.15) is 8.78 Å². The van der Waals surface area contributed by atoms with Gasteiger partial charge in [0.1, 0.15) is 17.1 Å². The minimum Gasteiger partial charge on any atom is -0.415 e. The lowest BCUT2D eigenvalue weighted by atomic mass is 9.91. The Hall–Kier alpha value is -3.55. The van der Waals surface area contributed by atoms with Crippen molar-refractivity contribution in [3.8, 4) is 5.88 Å². The lowest BCUT2D eigenvalue weighted by Crippen LogP contribution is -2.28. The monoisotopic (exact) mass is 560 g/mol. The number of thiophene rings is 1. The van der Waals surface area contributed by atoms with Crippen molar-refractivity contribution < 1.29 is 23.1 Å². The molecular formula is C25H30F2N8O3S. The average molecular weight is 561 g/mol. The number of anilines is 3. The van der Waals surface area contributed by atoms with E-state index in [9.17, 15) is 18.4 Å². The molecule has 0 bridgehead atoms. The molecule has 2 amide bonds. The van der Waals surface area contributed by atoms with Gasteiger partial charge in [-0.1, -0.05) is 6.92 Å². The first-order valence-electron chi connectivity index (χ1n) is 13.2. The molecule has 0 spiro atoms. The summed E-state index contributed by atoms with van der Waals surface area (Å²) < 4.78 is 32.9. The zero-order chi connectivity index (χ0) is 27.3. The van der Waals surface area contributed by atoms with Gasteiger partial charge in [0, 0.05) is 36.5 Å². The fourth-order valence-corrected chi connectivity index (χ4v) is 6.34. The number of amides is 2. The minimum absolute atomic E-state index is 0.00326. The van der Waals surface area contributed by atoms with Crippen LogP contribution in [0.15, 0.2) is 12.4 Å². The maximum absolute atomic E-state index is 13.4. The number of nitrogens with one attached hydrogen (secondary N) is 3. The molecule has 2 fully saturated rings. The van der Waals surface area contributed by atoms with Gasteiger partial charge in [-0.15, -0.1) is 26.6 Å². The first kappa shape index (κ1) is 25.7. The Morgan fingerprint density at radius 3 is 2.79 bits per heavy atom. The molecule has 6 rings (SSSR count). The highest BCUT2D eigenvalue weighted by Crippen LogP contribution is 2.44. The Morgan fingerprint density at radius 2 is 2.08 bits per heavy atom. The minimum atomic E-state index is -2.98. The van der Waals surface area contributed by atoms with Crippen molar-refractivity contribution in [1.29, 1.82) is 0 Å².